The zero-order valence-corrected chi connectivity index (χ0v) is 17.3. The van der Waals surface area contributed by atoms with E-state index in [0.717, 1.165) is 30.4 Å². The molecule has 0 saturated carbocycles. The number of hydrogen-bond acceptors (Lipinski definition) is 2. The Morgan fingerprint density at radius 1 is 0.750 bits per heavy atom. The summed E-state index contributed by atoms with van der Waals surface area (Å²) < 4.78 is 107. The SMILES string of the molecule is C=Cc1cc(F)c(O)c(C(F)(F)F)c1.C=Cc1cc(F)c(OC(C)(C)C)c(C(F)(F)F)c1. The molecule has 2 rings (SSSR count). The molecular formula is C22H20F8O2. The molecule has 0 radical (unpaired) electrons. The van der Waals surface area contributed by atoms with E-state index >= 15 is 0 Å². The zero-order valence-electron chi connectivity index (χ0n) is 17.3. The van der Waals surface area contributed by atoms with Crippen LogP contribution < -0.4 is 4.74 Å². The number of alkyl halides is 6. The maximum atomic E-state index is 13.7. The first kappa shape index (κ1) is 27.0. The minimum absolute atomic E-state index is 0.0346. The van der Waals surface area contributed by atoms with Gasteiger partial charge in [-0.25, -0.2) is 8.78 Å². The van der Waals surface area contributed by atoms with Gasteiger partial charge in [-0.3, -0.25) is 0 Å². The number of rotatable bonds is 3. The first-order valence-corrected chi connectivity index (χ1v) is 8.85. The molecule has 0 saturated heterocycles. The molecule has 0 bridgehead atoms. The van der Waals surface area contributed by atoms with Crippen molar-refractivity contribution < 1.29 is 45.0 Å². The fraction of sp³-hybridized carbons (Fsp3) is 0.273. The Balaban J connectivity index is 0.000000330. The van der Waals surface area contributed by atoms with E-state index in [4.69, 9.17) is 9.84 Å². The Labute approximate surface area is 179 Å². The third-order valence-electron chi connectivity index (χ3n) is 3.64. The van der Waals surface area contributed by atoms with E-state index in [1.165, 1.54) is 0 Å². The van der Waals surface area contributed by atoms with Crippen molar-refractivity contribution in [2.75, 3.05) is 0 Å². The van der Waals surface area contributed by atoms with Crippen molar-refractivity contribution in [3.8, 4) is 11.5 Å². The van der Waals surface area contributed by atoms with E-state index < -0.39 is 52.2 Å². The summed E-state index contributed by atoms with van der Waals surface area (Å²) in [5.74, 6) is -4.52. The number of phenols is 1. The fourth-order valence-corrected chi connectivity index (χ4v) is 2.31. The normalized spacial score (nSPS) is 12.0. The number of ether oxygens (including phenoxy) is 1. The van der Waals surface area contributed by atoms with Crippen LogP contribution >= 0.6 is 0 Å². The van der Waals surface area contributed by atoms with Gasteiger partial charge in [0, 0.05) is 0 Å². The Bertz CT molecular complexity index is 983. The van der Waals surface area contributed by atoms with Gasteiger partial charge in [-0.1, -0.05) is 25.3 Å². The first-order chi connectivity index (χ1) is 14.4. The van der Waals surface area contributed by atoms with Crippen LogP contribution in [-0.2, 0) is 12.4 Å². The van der Waals surface area contributed by atoms with Crippen LogP contribution in [0.25, 0.3) is 12.2 Å². The molecule has 2 aromatic rings. The highest BCUT2D eigenvalue weighted by Crippen LogP contribution is 2.40. The van der Waals surface area contributed by atoms with Gasteiger partial charge in [0.2, 0.25) is 0 Å². The topological polar surface area (TPSA) is 29.5 Å². The van der Waals surface area contributed by atoms with Crippen molar-refractivity contribution in [2.24, 2.45) is 0 Å². The van der Waals surface area contributed by atoms with Gasteiger partial charge in [0.05, 0.1) is 0 Å². The summed E-state index contributed by atoms with van der Waals surface area (Å²) in [4.78, 5) is 0. The van der Waals surface area contributed by atoms with E-state index in [1.54, 1.807) is 20.8 Å². The van der Waals surface area contributed by atoms with Crippen LogP contribution in [0, 0.1) is 11.6 Å². The molecule has 1 N–H and O–H groups in total. The molecule has 0 unspecified atom stereocenters. The molecule has 0 aromatic heterocycles. The van der Waals surface area contributed by atoms with Crippen molar-refractivity contribution in [1.82, 2.24) is 0 Å². The third-order valence-corrected chi connectivity index (χ3v) is 3.64. The van der Waals surface area contributed by atoms with Gasteiger partial charge >= 0.3 is 12.4 Å². The second-order valence-corrected chi connectivity index (χ2v) is 7.40. The number of hydrogen-bond donors (Lipinski definition) is 1. The molecular weight excluding hydrogens is 448 g/mol. The smallest absolute Gasteiger partial charge is 0.420 e. The molecule has 176 valence electrons. The number of phenolic OH excluding ortho intramolecular Hbond substituents is 1. The molecule has 0 aliphatic rings. The third kappa shape index (κ3) is 7.28. The van der Waals surface area contributed by atoms with Crippen molar-refractivity contribution in [1.29, 1.82) is 0 Å². The fourth-order valence-electron chi connectivity index (χ4n) is 2.31. The molecule has 0 aliphatic carbocycles. The molecule has 0 atom stereocenters. The van der Waals surface area contributed by atoms with E-state index in [2.05, 4.69) is 13.2 Å². The lowest BCUT2D eigenvalue weighted by Crippen LogP contribution is -2.25. The second-order valence-electron chi connectivity index (χ2n) is 7.40. The summed E-state index contributed by atoms with van der Waals surface area (Å²) >= 11 is 0. The summed E-state index contributed by atoms with van der Waals surface area (Å²) in [6, 6.07) is 3.18. The standard InChI is InChI=1S/C13H14F4O.C9H6F4O/c1-5-8-6-9(13(15,16)17)11(10(14)7-8)18-12(2,3)4;1-2-5-3-6(9(11,12)13)8(14)7(10)4-5/h5-7H,1H2,2-4H3;2-4,14H,1H2. The maximum absolute atomic E-state index is 13.7. The predicted octanol–water partition coefficient (Wildman–Crippen LogP) is 7.86. The van der Waals surface area contributed by atoms with Crippen LogP contribution in [0.5, 0.6) is 11.5 Å². The quantitative estimate of drug-likeness (QED) is 0.465. The molecule has 0 amide bonds. The molecule has 0 spiro atoms. The van der Waals surface area contributed by atoms with Gasteiger partial charge < -0.3 is 9.84 Å². The van der Waals surface area contributed by atoms with Gasteiger partial charge in [0.15, 0.2) is 23.1 Å². The average Bonchev–Trinajstić information content (AvgIpc) is 2.62. The summed E-state index contributed by atoms with van der Waals surface area (Å²) in [6.07, 6.45) is -7.23. The zero-order chi connectivity index (χ0) is 25.1. The largest absolute Gasteiger partial charge is 0.504 e. The molecule has 0 aliphatic heterocycles. The van der Waals surface area contributed by atoms with Gasteiger partial charge in [-0.2, -0.15) is 26.3 Å². The minimum Gasteiger partial charge on any atom is -0.504 e. The number of aromatic hydroxyl groups is 1. The number of halogens is 8. The highest BCUT2D eigenvalue weighted by Gasteiger charge is 2.37. The average molecular weight is 468 g/mol. The first-order valence-electron chi connectivity index (χ1n) is 8.85. The van der Waals surface area contributed by atoms with E-state index in [1.807, 2.05) is 0 Å². The van der Waals surface area contributed by atoms with Crippen molar-refractivity contribution in [2.45, 2.75) is 38.7 Å². The van der Waals surface area contributed by atoms with Crippen molar-refractivity contribution >= 4 is 12.2 Å². The maximum Gasteiger partial charge on any atom is 0.420 e. The highest BCUT2D eigenvalue weighted by atomic mass is 19.4. The van der Waals surface area contributed by atoms with E-state index in [9.17, 15) is 35.1 Å². The van der Waals surface area contributed by atoms with Gasteiger partial charge in [-0.05, 0) is 56.2 Å². The van der Waals surface area contributed by atoms with Crippen LogP contribution in [0.1, 0.15) is 43.0 Å². The van der Waals surface area contributed by atoms with Gasteiger partial charge in [0.1, 0.15) is 16.7 Å². The van der Waals surface area contributed by atoms with Crippen LogP contribution in [-0.4, -0.2) is 10.7 Å². The lowest BCUT2D eigenvalue weighted by Gasteiger charge is -2.24. The Morgan fingerprint density at radius 3 is 1.53 bits per heavy atom. The van der Waals surface area contributed by atoms with Gasteiger partial charge in [-0.15, -0.1) is 0 Å². The lowest BCUT2D eigenvalue weighted by atomic mass is 10.1. The van der Waals surface area contributed by atoms with Crippen molar-refractivity contribution in [3.05, 3.63) is 71.3 Å². The summed E-state index contributed by atoms with van der Waals surface area (Å²) in [5, 5.41) is 8.82. The molecule has 32 heavy (non-hydrogen) atoms. The van der Waals surface area contributed by atoms with Crippen LogP contribution in [0.2, 0.25) is 0 Å². The predicted molar refractivity (Wildman–Crippen MR) is 105 cm³/mol. The summed E-state index contributed by atoms with van der Waals surface area (Å²) in [5.41, 5.74) is -3.43. The molecule has 10 heteroatoms. The Kier molecular flexibility index (Phi) is 8.12. The van der Waals surface area contributed by atoms with Crippen LogP contribution in [0.4, 0.5) is 35.1 Å². The number of benzene rings is 2. The minimum atomic E-state index is -4.77. The molecule has 2 nitrogen and oxygen atoms in total. The molecule has 2 aromatic carbocycles. The molecule has 0 fully saturated rings. The summed E-state index contributed by atoms with van der Waals surface area (Å²) in [6.45, 7) is 11.2. The molecule has 0 heterocycles. The van der Waals surface area contributed by atoms with Crippen LogP contribution in [0.3, 0.4) is 0 Å². The highest BCUT2D eigenvalue weighted by molar-refractivity contribution is 5.54. The van der Waals surface area contributed by atoms with Gasteiger partial charge in [0.25, 0.3) is 0 Å². The van der Waals surface area contributed by atoms with Crippen molar-refractivity contribution in [3.63, 3.8) is 0 Å². The van der Waals surface area contributed by atoms with E-state index in [0.29, 0.717) is 6.07 Å². The van der Waals surface area contributed by atoms with E-state index in [-0.39, 0.29) is 11.1 Å². The monoisotopic (exact) mass is 468 g/mol. The summed E-state index contributed by atoms with van der Waals surface area (Å²) in [7, 11) is 0. The second kappa shape index (κ2) is 9.62. The Hall–Kier alpha value is -3.04. The Morgan fingerprint density at radius 2 is 1.16 bits per heavy atom. The lowest BCUT2D eigenvalue weighted by molar-refractivity contribution is -0.140. The van der Waals surface area contributed by atoms with Crippen LogP contribution in [0.15, 0.2) is 37.4 Å².